The molecule has 2 aromatic heterocycles. The second-order valence-corrected chi connectivity index (χ2v) is 5.27. The Morgan fingerprint density at radius 2 is 1.70 bits per heavy atom. The summed E-state index contributed by atoms with van der Waals surface area (Å²) in [4.78, 5) is 16.6. The van der Waals surface area contributed by atoms with Crippen molar-refractivity contribution in [3.05, 3.63) is 57.1 Å². The summed E-state index contributed by atoms with van der Waals surface area (Å²) in [6.45, 7) is 7.99. The standard InChI is InChI=1S/C16H17N3O/c1-9-6-5-7-10(2)14(9)15-12(4)18-19-13(20)8-11(3)17-16(15)19/h5-8,18H,1-4H3. The Bertz CT molecular complexity index is 851. The first kappa shape index (κ1) is 12.7. The Hall–Kier alpha value is -2.36. The zero-order valence-corrected chi connectivity index (χ0v) is 12.1. The normalized spacial score (nSPS) is 11.2. The summed E-state index contributed by atoms with van der Waals surface area (Å²) in [5, 5.41) is 3.12. The lowest BCUT2D eigenvalue weighted by molar-refractivity contribution is 0.873. The number of nitrogens with zero attached hydrogens (tertiary/aromatic N) is 2. The van der Waals surface area contributed by atoms with Crippen molar-refractivity contribution in [2.24, 2.45) is 0 Å². The van der Waals surface area contributed by atoms with Gasteiger partial charge in [-0.15, -0.1) is 0 Å². The van der Waals surface area contributed by atoms with Gasteiger partial charge >= 0.3 is 0 Å². The third-order valence-corrected chi connectivity index (χ3v) is 3.66. The number of aromatic amines is 1. The maximum Gasteiger partial charge on any atom is 0.272 e. The summed E-state index contributed by atoms with van der Waals surface area (Å²) in [6, 6.07) is 7.75. The fraction of sp³-hybridized carbons (Fsp3) is 0.250. The Labute approximate surface area is 117 Å². The predicted molar refractivity (Wildman–Crippen MR) is 80.2 cm³/mol. The van der Waals surface area contributed by atoms with Crippen LogP contribution in [0.15, 0.2) is 29.1 Å². The lowest BCUT2D eigenvalue weighted by Crippen LogP contribution is -2.14. The number of aromatic nitrogens is 3. The van der Waals surface area contributed by atoms with Crippen molar-refractivity contribution in [2.75, 3.05) is 0 Å². The van der Waals surface area contributed by atoms with Crippen LogP contribution in [0.4, 0.5) is 0 Å². The second kappa shape index (κ2) is 4.34. The molecule has 0 aliphatic carbocycles. The van der Waals surface area contributed by atoms with Crippen molar-refractivity contribution in [3.63, 3.8) is 0 Å². The van der Waals surface area contributed by atoms with Gasteiger partial charge in [-0.25, -0.2) is 9.50 Å². The highest BCUT2D eigenvalue weighted by Crippen LogP contribution is 2.32. The molecule has 0 atom stereocenters. The largest absolute Gasteiger partial charge is 0.293 e. The third kappa shape index (κ3) is 1.76. The molecule has 3 aromatic rings. The third-order valence-electron chi connectivity index (χ3n) is 3.66. The molecule has 0 radical (unpaired) electrons. The van der Waals surface area contributed by atoms with E-state index >= 15 is 0 Å². The molecular formula is C16H17N3O. The molecule has 0 saturated carbocycles. The molecule has 1 aromatic carbocycles. The Kier molecular flexibility index (Phi) is 2.74. The average Bonchev–Trinajstić information content (AvgIpc) is 2.67. The first-order valence-corrected chi connectivity index (χ1v) is 6.64. The monoisotopic (exact) mass is 267 g/mol. The number of hydrogen-bond donors (Lipinski definition) is 1. The Balaban J connectivity index is 2.49. The van der Waals surface area contributed by atoms with Crippen LogP contribution >= 0.6 is 0 Å². The number of hydrogen-bond acceptors (Lipinski definition) is 2. The van der Waals surface area contributed by atoms with Gasteiger partial charge in [-0.3, -0.25) is 9.89 Å². The molecule has 1 N–H and O–H groups in total. The molecule has 0 unspecified atom stereocenters. The van der Waals surface area contributed by atoms with E-state index in [1.54, 1.807) is 0 Å². The minimum atomic E-state index is -0.0758. The van der Waals surface area contributed by atoms with E-state index in [1.165, 1.54) is 21.7 Å². The molecule has 0 fully saturated rings. The van der Waals surface area contributed by atoms with Crippen molar-refractivity contribution in [3.8, 4) is 11.1 Å². The fourth-order valence-electron chi connectivity index (χ4n) is 2.77. The van der Waals surface area contributed by atoms with Gasteiger partial charge in [0.05, 0.1) is 0 Å². The predicted octanol–water partition coefficient (Wildman–Crippen LogP) is 2.92. The van der Waals surface area contributed by atoms with E-state index in [-0.39, 0.29) is 5.56 Å². The highest BCUT2D eigenvalue weighted by Gasteiger charge is 2.16. The first-order chi connectivity index (χ1) is 9.49. The molecule has 0 aliphatic rings. The zero-order valence-electron chi connectivity index (χ0n) is 12.1. The van der Waals surface area contributed by atoms with Crippen LogP contribution in [-0.4, -0.2) is 14.6 Å². The summed E-state index contributed by atoms with van der Waals surface area (Å²) >= 11 is 0. The van der Waals surface area contributed by atoms with Crippen LogP contribution in [0, 0.1) is 27.7 Å². The number of fused-ring (bicyclic) bond motifs is 1. The maximum atomic E-state index is 12.1. The van der Waals surface area contributed by atoms with E-state index in [0.29, 0.717) is 5.65 Å². The highest BCUT2D eigenvalue weighted by molar-refractivity contribution is 5.83. The van der Waals surface area contributed by atoms with Crippen LogP contribution in [-0.2, 0) is 0 Å². The molecule has 0 amide bonds. The van der Waals surface area contributed by atoms with Gasteiger partial charge in [-0.2, -0.15) is 0 Å². The second-order valence-electron chi connectivity index (χ2n) is 5.27. The summed E-state index contributed by atoms with van der Waals surface area (Å²) in [5.74, 6) is 0. The molecule has 102 valence electrons. The smallest absolute Gasteiger partial charge is 0.272 e. The minimum absolute atomic E-state index is 0.0758. The zero-order chi connectivity index (χ0) is 14.4. The number of nitrogens with one attached hydrogen (secondary N) is 1. The molecule has 0 aliphatic heterocycles. The van der Waals surface area contributed by atoms with Gasteiger partial charge in [0, 0.05) is 23.0 Å². The van der Waals surface area contributed by atoms with Crippen molar-refractivity contribution in [1.29, 1.82) is 0 Å². The van der Waals surface area contributed by atoms with E-state index in [4.69, 9.17) is 0 Å². The minimum Gasteiger partial charge on any atom is -0.293 e. The van der Waals surface area contributed by atoms with Crippen LogP contribution < -0.4 is 5.56 Å². The van der Waals surface area contributed by atoms with E-state index in [2.05, 4.69) is 36.1 Å². The molecule has 20 heavy (non-hydrogen) atoms. The molecule has 4 heteroatoms. The van der Waals surface area contributed by atoms with Crippen molar-refractivity contribution in [1.82, 2.24) is 14.6 Å². The van der Waals surface area contributed by atoms with Gasteiger partial charge in [0.1, 0.15) is 0 Å². The molecule has 4 nitrogen and oxygen atoms in total. The van der Waals surface area contributed by atoms with Crippen LogP contribution in [0.2, 0.25) is 0 Å². The molecular weight excluding hydrogens is 250 g/mol. The van der Waals surface area contributed by atoms with E-state index in [1.807, 2.05) is 19.9 Å². The maximum absolute atomic E-state index is 12.1. The van der Waals surface area contributed by atoms with Gasteiger partial charge in [-0.1, -0.05) is 18.2 Å². The number of aryl methyl sites for hydroxylation is 4. The quantitative estimate of drug-likeness (QED) is 0.737. The summed E-state index contributed by atoms with van der Waals surface area (Å²) in [5.41, 5.74) is 6.86. The summed E-state index contributed by atoms with van der Waals surface area (Å²) in [7, 11) is 0. The lowest BCUT2D eigenvalue weighted by Gasteiger charge is -2.09. The van der Waals surface area contributed by atoms with Crippen LogP contribution in [0.25, 0.3) is 16.8 Å². The Morgan fingerprint density at radius 3 is 2.35 bits per heavy atom. The van der Waals surface area contributed by atoms with Gasteiger partial charge < -0.3 is 0 Å². The molecule has 0 bridgehead atoms. The average molecular weight is 267 g/mol. The topological polar surface area (TPSA) is 50.2 Å². The summed E-state index contributed by atoms with van der Waals surface area (Å²) < 4.78 is 1.52. The van der Waals surface area contributed by atoms with Crippen LogP contribution in [0.3, 0.4) is 0 Å². The van der Waals surface area contributed by atoms with Gasteiger partial charge in [0.15, 0.2) is 5.65 Å². The lowest BCUT2D eigenvalue weighted by atomic mass is 9.96. The number of benzene rings is 1. The van der Waals surface area contributed by atoms with Crippen molar-refractivity contribution >= 4 is 5.65 Å². The van der Waals surface area contributed by atoms with E-state index in [0.717, 1.165) is 22.5 Å². The number of H-pyrrole nitrogens is 1. The first-order valence-electron chi connectivity index (χ1n) is 6.64. The fourth-order valence-corrected chi connectivity index (χ4v) is 2.77. The molecule has 0 spiro atoms. The summed E-state index contributed by atoms with van der Waals surface area (Å²) in [6.07, 6.45) is 0. The molecule has 3 rings (SSSR count). The SMILES string of the molecule is Cc1cc(=O)n2[nH]c(C)c(-c3c(C)cccc3C)c2n1. The van der Waals surface area contributed by atoms with Gasteiger partial charge in [-0.05, 0) is 44.4 Å². The molecule has 0 saturated heterocycles. The van der Waals surface area contributed by atoms with E-state index in [9.17, 15) is 4.79 Å². The molecule has 2 heterocycles. The van der Waals surface area contributed by atoms with Crippen molar-refractivity contribution in [2.45, 2.75) is 27.7 Å². The van der Waals surface area contributed by atoms with Crippen LogP contribution in [0.1, 0.15) is 22.5 Å². The number of rotatable bonds is 1. The van der Waals surface area contributed by atoms with Crippen LogP contribution in [0.5, 0.6) is 0 Å². The van der Waals surface area contributed by atoms with Crippen molar-refractivity contribution < 1.29 is 0 Å². The van der Waals surface area contributed by atoms with Gasteiger partial charge in [0.25, 0.3) is 5.56 Å². The van der Waals surface area contributed by atoms with E-state index < -0.39 is 0 Å². The highest BCUT2D eigenvalue weighted by atomic mass is 16.1. The Morgan fingerprint density at radius 1 is 1.05 bits per heavy atom. The van der Waals surface area contributed by atoms with Gasteiger partial charge in [0.2, 0.25) is 0 Å².